The van der Waals surface area contributed by atoms with Crippen molar-refractivity contribution in [2.45, 2.75) is 48.0 Å². The standard InChI is InChI=1S/C7H16.CH4/c1-5-7(3,4)6-2;/h5-6H2,1-4H3;1H4. The maximum atomic E-state index is 2.30. The zero-order valence-electron chi connectivity index (χ0n) is 5.91. The summed E-state index contributed by atoms with van der Waals surface area (Å²) in [5.74, 6) is 0. The summed E-state index contributed by atoms with van der Waals surface area (Å²) in [5, 5.41) is 0. The summed E-state index contributed by atoms with van der Waals surface area (Å²) < 4.78 is 0. The van der Waals surface area contributed by atoms with Gasteiger partial charge >= 0.3 is 0 Å². The fourth-order valence-electron chi connectivity index (χ4n) is 0.250. The minimum Gasteiger partial charge on any atom is -0.0776 e. The Hall–Kier alpha value is 0. The summed E-state index contributed by atoms with van der Waals surface area (Å²) in [6, 6.07) is 0. The van der Waals surface area contributed by atoms with Crippen molar-refractivity contribution in [1.29, 1.82) is 0 Å². The molecule has 0 aliphatic carbocycles. The van der Waals surface area contributed by atoms with Gasteiger partial charge in [-0.05, 0) is 5.41 Å². The lowest BCUT2D eigenvalue weighted by Crippen LogP contribution is -2.05. The van der Waals surface area contributed by atoms with Gasteiger partial charge in [-0.2, -0.15) is 0 Å². The molecule has 0 nitrogen and oxygen atoms in total. The van der Waals surface area contributed by atoms with Crippen LogP contribution in [-0.2, 0) is 0 Å². The first kappa shape index (κ1) is 10.9. The second kappa shape index (κ2) is 3.94. The van der Waals surface area contributed by atoms with Gasteiger partial charge in [0.2, 0.25) is 0 Å². The Labute approximate surface area is 54.3 Å². The van der Waals surface area contributed by atoms with Gasteiger partial charge in [0.25, 0.3) is 0 Å². The van der Waals surface area contributed by atoms with Crippen molar-refractivity contribution in [2.75, 3.05) is 0 Å². The van der Waals surface area contributed by atoms with Crippen molar-refractivity contribution >= 4 is 0 Å². The Balaban J connectivity index is 0. The molecule has 0 atom stereocenters. The summed E-state index contributed by atoms with van der Waals surface area (Å²) >= 11 is 0. The molecule has 52 valence electrons. The Morgan fingerprint density at radius 1 is 1.00 bits per heavy atom. The minimum atomic E-state index is 0. The highest BCUT2D eigenvalue weighted by atomic mass is 14.1. The van der Waals surface area contributed by atoms with Crippen LogP contribution in [0.3, 0.4) is 0 Å². The molecule has 0 heterocycles. The third kappa shape index (κ3) is 4.17. The molecule has 0 rings (SSSR count). The van der Waals surface area contributed by atoms with E-state index in [4.69, 9.17) is 0 Å². The van der Waals surface area contributed by atoms with Crippen LogP contribution in [0, 0.1) is 5.41 Å². The van der Waals surface area contributed by atoms with Gasteiger partial charge < -0.3 is 0 Å². The summed E-state index contributed by atoms with van der Waals surface area (Å²) in [7, 11) is 0. The van der Waals surface area contributed by atoms with E-state index < -0.39 is 0 Å². The molecule has 0 radical (unpaired) electrons. The molecule has 0 amide bonds. The van der Waals surface area contributed by atoms with Gasteiger partial charge in [0, 0.05) is 0 Å². The van der Waals surface area contributed by atoms with Crippen LogP contribution in [0.25, 0.3) is 0 Å². The maximum Gasteiger partial charge on any atom is -0.0359 e. The Morgan fingerprint density at radius 2 is 1.25 bits per heavy atom. The quantitative estimate of drug-likeness (QED) is 0.518. The summed E-state index contributed by atoms with van der Waals surface area (Å²) in [6.45, 7) is 9.08. The fourth-order valence-corrected chi connectivity index (χ4v) is 0.250. The van der Waals surface area contributed by atoms with Crippen LogP contribution in [0.2, 0.25) is 0 Å². The fraction of sp³-hybridized carbons (Fsp3) is 1.00. The van der Waals surface area contributed by atoms with Crippen LogP contribution in [0.4, 0.5) is 0 Å². The molecule has 0 N–H and O–H groups in total. The van der Waals surface area contributed by atoms with Gasteiger partial charge in [-0.15, -0.1) is 0 Å². The van der Waals surface area contributed by atoms with Gasteiger partial charge in [0.05, 0.1) is 0 Å². The van der Waals surface area contributed by atoms with Crippen molar-refractivity contribution in [3.8, 4) is 0 Å². The average molecular weight is 116 g/mol. The third-order valence-corrected chi connectivity index (χ3v) is 1.91. The second-order valence-corrected chi connectivity index (χ2v) is 2.87. The molecule has 0 aromatic heterocycles. The van der Waals surface area contributed by atoms with Crippen LogP contribution in [0.15, 0.2) is 0 Å². The zero-order chi connectivity index (χ0) is 5.91. The molecular formula is C8H20. The van der Waals surface area contributed by atoms with Crippen LogP contribution in [-0.4, -0.2) is 0 Å². The largest absolute Gasteiger partial charge is 0.0776 e. The first-order valence-corrected chi connectivity index (χ1v) is 3.12. The maximum absolute atomic E-state index is 2.30. The van der Waals surface area contributed by atoms with Crippen molar-refractivity contribution < 1.29 is 0 Å². The molecule has 8 heavy (non-hydrogen) atoms. The zero-order valence-corrected chi connectivity index (χ0v) is 5.91. The van der Waals surface area contributed by atoms with E-state index in [2.05, 4.69) is 27.7 Å². The Bertz CT molecular complexity index is 38.0. The molecule has 0 saturated heterocycles. The summed E-state index contributed by atoms with van der Waals surface area (Å²) in [6.07, 6.45) is 2.59. The van der Waals surface area contributed by atoms with E-state index in [-0.39, 0.29) is 7.43 Å². The van der Waals surface area contributed by atoms with E-state index in [0.29, 0.717) is 5.41 Å². The molecule has 0 aliphatic rings. The summed E-state index contributed by atoms with van der Waals surface area (Å²) in [4.78, 5) is 0. The molecule has 0 heteroatoms. The molecule has 0 saturated carbocycles. The topological polar surface area (TPSA) is 0 Å². The molecule has 0 aromatic rings. The molecule has 0 spiro atoms. The first-order chi connectivity index (χ1) is 3.12. The van der Waals surface area contributed by atoms with Gasteiger partial charge in [0.15, 0.2) is 0 Å². The Morgan fingerprint density at radius 3 is 1.25 bits per heavy atom. The first-order valence-electron chi connectivity index (χ1n) is 3.12. The van der Waals surface area contributed by atoms with E-state index in [1.54, 1.807) is 0 Å². The normalized spacial score (nSPS) is 10.5. The minimum absolute atomic E-state index is 0. The van der Waals surface area contributed by atoms with Crippen molar-refractivity contribution in [3.63, 3.8) is 0 Å². The number of rotatable bonds is 2. The van der Waals surface area contributed by atoms with Gasteiger partial charge in [-0.1, -0.05) is 48.0 Å². The van der Waals surface area contributed by atoms with Crippen molar-refractivity contribution in [3.05, 3.63) is 0 Å². The highest BCUT2D eigenvalue weighted by Crippen LogP contribution is 2.22. The predicted molar refractivity (Wildman–Crippen MR) is 41.1 cm³/mol. The van der Waals surface area contributed by atoms with E-state index in [0.717, 1.165) is 0 Å². The van der Waals surface area contributed by atoms with E-state index in [1.165, 1.54) is 12.8 Å². The molecule has 0 unspecified atom stereocenters. The van der Waals surface area contributed by atoms with Crippen LogP contribution < -0.4 is 0 Å². The highest BCUT2D eigenvalue weighted by Gasteiger charge is 2.09. The number of hydrogen-bond acceptors (Lipinski definition) is 0. The van der Waals surface area contributed by atoms with Crippen molar-refractivity contribution in [2.24, 2.45) is 5.41 Å². The monoisotopic (exact) mass is 116 g/mol. The predicted octanol–water partition coefficient (Wildman–Crippen LogP) is 3.47. The van der Waals surface area contributed by atoms with E-state index in [1.807, 2.05) is 0 Å². The van der Waals surface area contributed by atoms with Gasteiger partial charge in [0.1, 0.15) is 0 Å². The van der Waals surface area contributed by atoms with E-state index >= 15 is 0 Å². The molecule has 0 aliphatic heterocycles. The SMILES string of the molecule is C.CCC(C)(C)CC. The number of hydrogen-bond donors (Lipinski definition) is 0. The van der Waals surface area contributed by atoms with Gasteiger partial charge in [-0.3, -0.25) is 0 Å². The highest BCUT2D eigenvalue weighted by molar-refractivity contribution is 4.61. The smallest absolute Gasteiger partial charge is 0.0359 e. The lowest BCUT2D eigenvalue weighted by molar-refractivity contribution is 0.338. The molecule has 0 fully saturated rings. The average Bonchev–Trinajstić information content (AvgIpc) is 1.68. The lowest BCUT2D eigenvalue weighted by atomic mass is 9.88. The van der Waals surface area contributed by atoms with E-state index in [9.17, 15) is 0 Å². The van der Waals surface area contributed by atoms with Crippen LogP contribution in [0.1, 0.15) is 48.0 Å². The lowest BCUT2D eigenvalue weighted by Gasteiger charge is -2.18. The third-order valence-electron chi connectivity index (χ3n) is 1.91. The Kier molecular flexibility index (Phi) is 5.36. The molecule has 0 aromatic carbocycles. The van der Waals surface area contributed by atoms with Crippen molar-refractivity contribution in [1.82, 2.24) is 0 Å². The van der Waals surface area contributed by atoms with Crippen LogP contribution in [0.5, 0.6) is 0 Å². The second-order valence-electron chi connectivity index (χ2n) is 2.87. The summed E-state index contributed by atoms with van der Waals surface area (Å²) in [5.41, 5.74) is 0.583. The molecular weight excluding hydrogens is 96.1 g/mol. The van der Waals surface area contributed by atoms with Crippen LogP contribution >= 0.6 is 0 Å². The van der Waals surface area contributed by atoms with Gasteiger partial charge in [-0.25, -0.2) is 0 Å². The molecule has 0 bridgehead atoms.